The van der Waals surface area contributed by atoms with Gasteiger partial charge in [0.25, 0.3) is 0 Å². The van der Waals surface area contributed by atoms with Crippen LogP contribution in [0.5, 0.6) is 0 Å². The van der Waals surface area contributed by atoms with Gasteiger partial charge in [-0.15, -0.1) is 0 Å². The maximum absolute atomic E-state index is 12.4. The maximum Gasteiger partial charge on any atom is 0.305 e. The van der Waals surface area contributed by atoms with Gasteiger partial charge in [-0.25, -0.2) is 0 Å². The monoisotopic (exact) mass is 774 g/mol. The van der Waals surface area contributed by atoms with Gasteiger partial charge in [-0.2, -0.15) is 0 Å². The van der Waals surface area contributed by atoms with Crippen LogP contribution in [0.15, 0.2) is 36.5 Å². The lowest BCUT2D eigenvalue weighted by Gasteiger charge is -2.22. The number of amides is 1. The summed E-state index contributed by atoms with van der Waals surface area (Å²) >= 11 is 0. The van der Waals surface area contributed by atoms with Gasteiger partial charge in [0.15, 0.2) is 0 Å². The first kappa shape index (κ1) is 53.1. The van der Waals surface area contributed by atoms with Gasteiger partial charge in [-0.1, -0.05) is 185 Å². The summed E-state index contributed by atoms with van der Waals surface area (Å²) in [7, 11) is 0. The van der Waals surface area contributed by atoms with Crippen molar-refractivity contribution in [2.75, 3.05) is 13.2 Å². The smallest absolute Gasteiger partial charge is 0.305 e. The van der Waals surface area contributed by atoms with Crippen molar-refractivity contribution in [1.82, 2.24) is 5.32 Å². The zero-order valence-electron chi connectivity index (χ0n) is 36.4. The summed E-state index contributed by atoms with van der Waals surface area (Å²) < 4.78 is 5.44. The molecule has 0 heterocycles. The van der Waals surface area contributed by atoms with Crippen LogP contribution in [0.3, 0.4) is 0 Å². The number of unbranched alkanes of at least 4 members (excludes halogenated alkanes) is 26. The van der Waals surface area contributed by atoms with Crippen LogP contribution in [0, 0.1) is 0 Å². The number of ether oxygens (including phenoxy) is 1. The third-order valence-corrected chi connectivity index (χ3v) is 10.6. The van der Waals surface area contributed by atoms with Crippen LogP contribution >= 0.6 is 0 Å². The highest BCUT2D eigenvalue weighted by atomic mass is 16.5. The molecule has 3 N–H and O–H groups in total. The van der Waals surface area contributed by atoms with Crippen molar-refractivity contribution in [2.45, 2.75) is 251 Å². The Balaban J connectivity index is 3.47. The first-order chi connectivity index (χ1) is 27.0. The molecule has 0 aromatic carbocycles. The molecule has 0 aromatic rings. The fourth-order valence-electron chi connectivity index (χ4n) is 6.96. The van der Waals surface area contributed by atoms with Gasteiger partial charge >= 0.3 is 5.97 Å². The van der Waals surface area contributed by atoms with E-state index in [9.17, 15) is 19.8 Å². The Morgan fingerprint density at radius 3 is 1.47 bits per heavy atom. The Kier molecular flexibility index (Phi) is 43.2. The Hall–Kier alpha value is -1.92. The Labute approximate surface area is 341 Å². The van der Waals surface area contributed by atoms with Gasteiger partial charge in [-0.3, -0.25) is 9.59 Å². The van der Waals surface area contributed by atoms with E-state index in [0.29, 0.717) is 25.9 Å². The number of carbonyl (C=O) groups is 2. The van der Waals surface area contributed by atoms with Gasteiger partial charge in [0, 0.05) is 12.8 Å². The van der Waals surface area contributed by atoms with Crippen molar-refractivity contribution in [3.63, 3.8) is 0 Å². The molecule has 0 bridgehead atoms. The standard InChI is InChI=1S/C49H91NO5/c1-3-5-7-9-11-13-14-19-23-27-31-35-39-43-49(54)55-44-40-36-32-28-24-21-18-16-15-17-20-22-26-30-34-38-42-48(53)50-46(45-51)47(52)41-37-33-29-25-12-10-8-6-4-2/h7,9,13-15,17,46-47,51-52H,3-6,8,10-12,16,18-45H2,1-2H3,(H,50,53)/b9-7-,14-13-,17-15-. The van der Waals surface area contributed by atoms with Crippen molar-refractivity contribution in [2.24, 2.45) is 0 Å². The molecule has 2 unspecified atom stereocenters. The minimum Gasteiger partial charge on any atom is -0.466 e. The third kappa shape index (κ3) is 41.5. The molecule has 6 nitrogen and oxygen atoms in total. The molecule has 0 saturated heterocycles. The van der Waals surface area contributed by atoms with Gasteiger partial charge in [0.1, 0.15) is 0 Å². The van der Waals surface area contributed by atoms with E-state index in [1.807, 2.05) is 0 Å². The molecule has 0 spiro atoms. The number of hydrogen-bond acceptors (Lipinski definition) is 5. The lowest BCUT2D eigenvalue weighted by Crippen LogP contribution is -2.45. The number of aliphatic hydroxyl groups is 2. The second-order valence-electron chi connectivity index (χ2n) is 16.1. The van der Waals surface area contributed by atoms with Crippen LogP contribution < -0.4 is 5.32 Å². The van der Waals surface area contributed by atoms with Gasteiger partial charge < -0.3 is 20.3 Å². The highest BCUT2D eigenvalue weighted by Crippen LogP contribution is 2.15. The van der Waals surface area contributed by atoms with E-state index in [2.05, 4.69) is 55.6 Å². The number of esters is 1. The predicted molar refractivity (Wildman–Crippen MR) is 236 cm³/mol. The number of nitrogens with one attached hydrogen (secondary N) is 1. The lowest BCUT2D eigenvalue weighted by atomic mass is 10.0. The quantitative estimate of drug-likeness (QED) is 0.0326. The predicted octanol–water partition coefficient (Wildman–Crippen LogP) is 13.7. The lowest BCUT2D eigenvalue weighted by molar-refractivity contribution is -0.143. The zero-order chi connectivity index (χ0) is 40.1. The fraction of sp³-hybridized carbons (Fsp3) is 0.837. The SMILES string of the molecule is CCC/C=C\C/C=C\CCCCCCCC(=O)OCCCCCCCCC/C=C\CCCCCCCC(=O)NC(CO)C(O)CCCCCCCCCCC. The van der Waals surface area contributed by atoms with Crippen LogP contribution in [-0.4, -0.2) is 47.4 Å². The first-order valence-electron chi connectivity index (χ1n) is 23.7. The van der Waals surface area contributed by atoms with E-state index in [1.165, 1.54) is 128 Å². The summed E-state index contributed by atoms with van der Waals surface area (Å²) in [4.78, 5) is 24.3. The summed E-state index contributed by atoms with van der Waals surface area (Å²) in [5.74, 6) is -0.0759. The van der Waals surface area contributed by atoms with E-state index in [-0.39, 0.29) is 18.5 Å². The molecule has 55 heavy (non-hydrogen) atoms. The van der Waals surface area contributed by atoms with Crippen molar-refractivity contribution in [3.8, 4) is 0 Å². The van der Waals surface area contributed by atoms with E-state index < -0.39 is 12.1 Å². The number of rotatable bonds is 43. The molecular weight excluding hydrogens is 683 g/mol. The Morgan fingerprint density at radius 1 is 0.509 bits per heavy atom. The normalized spacial score (nSPS) is 13.0. The van der Waals surface area contributed by atoms with Gasteiger partial charge in [0.2, 0.25) is 5.91 Å². The van der Waals surface area contributed by atoms with Crippen LogP contribution in [0.4, 0.5) is 0 Å². The largest absolute Gasteiger partial charge is 0.466 e. The summed E-state index contributed by atoms with van der Waals surface area (Å²) in [6, 6.07) is -0.552. The molecule has 0 rings (SSSR count). The van der Waals surface area contributed by atoms with E-state index in [0.717, 1.165) is 77.0 Å². The average Bonchev–Trinajstić information content (AvgIpc) is 3.18. The number of hydrogen-bond donors (Lipinski definition) is 3. The second kappa shape index (κ2) is 44.8. The highest BCUT2D eigenvalue weighted by Gasteiger charge is 2.20. The summed E-state index contributed by atoms with van der Waals surface area (Å²) in [5.41, 5.74) is 0. The highest BCUT2D eigenvalue weighted by molar-refractivity contribution is 5.76. The van der Waals surface area contributed by atoms with E-state index in [4.69, 9.17) is 4.74 Å². The molecule has 322 valence electrons. The van der Waals surface area contributed by atoms with Crippen LogP contribution in [0.25, 0.3) is 0 Å². The van der Waals surface area contributed by atoms with Crippen LogP contribution in [0.1, 0.15) is 239 Å². The molecule has 0 radical (unpaired) electrons. The number of aliphatic hydroxyl groups excluding tert-OH is 2. The molecule has 1 amide bonds. The number of carbonyl (C=O) groups excluding carboxylic acids is 2. The fourth-order valence-corrected chi connectivity index (χ4v) is 6.96. The Bertz CT molecular complexity index is 900. The summed E-state index contributed by atoms with van der Waals surface area (Å²) in [5, 5.41) is 23.0. The average molecular weight is 774 g/mol. The maximum atomic E-state index is 12.4. The zero-order valence-corrected chi connectivity index (χ0v) is 36.4. The molecule has 0 aliphatic heterocycles. The van der Waals surface area contributed by atoms with Crippen molar-refractivity contribution < 1.29 is 24.5 Å². The van der Waals surface area contributed by atoms with Gasteiger partial charge in [0.05, 0.1) is 25.4 Å². The van der Waals surface area contributed by atoms with Crippen molar-refractivity contribution in [3.05, 3.63) is 36.5 Å². The first-order valence-corrected chi connectivity index (χ1v) is 23.7. The summed E-state index contributed by atoms with van der Waals surface area (Å²) in [6.45, 7) is 4.82. The molecule has 0 aliphatic rings. The molecule has 0 saturated carbocycles. The molecular formula is C49H91NO5. The second-order valence-corrected chi connectivity index (χ2v) is 16.1. The van der Waals surface area contributed by atoms with Crippen LogP contribution in [0.2, 0.25) is 0 Å². The minimum absolute atomic E-state index is 0.0193. The molecule has 0 aliphatic carbocycles. The molecule has 0 fully saturated rings. The third-order valence-electron chi connectivity index (χ3n) is 10.6. The molecule has 2 atom stereocenters. The van der Waals surface area contributed by atoms with E-state index in [1.54, 1.807) is 0 Å². The molecule has 6 heteroatoms. The van der Waals surface area contributed by atoms with Crippen molar-refractivity contribution >= 4 is 11.9 Å². The van der Waals surface area contributed by atoms with Crippen LogP contribution in [-0.2, 0) is 14.3 Å². The minimum atomic E-state index is -0.673. The Morgan fingerprint density at radius 2 is 0.945 bits per heavy atom. The topological polar surface area (TPSA) is 95.9 Å². The van der Waals surface area contributed by atoms with Crippen molar-refractivity contribution in [1.29, 1.82) is 0 Å². The van der Waals surface area contributed by atoms with Gasteiger partial charge in [-0.05, 0) is 77.0 Å². The molecule has 0 aromatic heterocycles. The van der Waals surface area contributed by atoms with E-state index >= 15 is 0 Å². The summed E-state index contributed by atoms with van der Waals surface area (Å²) in [6.07, 6.45) is 52.5. The number of allylic oxidation sites excluding steroid dienone is 6.